The summed E-state index contributed by atoms with van der Waals surface area (Å²) in [6.45, 7) is 0.395. The molecule has 0 unspecified atom stereocenters. The van der Waals surface area contributed by atoms with E-state index in [1.807, 2.05) is 0 Å². The summed E-state index contributed by atoms with van der Waals surface area (Å²) in [6.07, 6.45) is 1.44. The lowest BCUT2D eigenvalue weighted by atomic mass is 10.2. The first-order valence-electron chi connectivity index (χ1n) is 7.63. The van der Waals surface area contributed by atoms with E-state index in [0.717, 1.165) is 18.9 Å². The van der Waals surface area contributed by atoms with Gasteiger partial charge in [0.2, 0.25) is 5.88 Å². The van der Waals surface area contributed by atoms with Crippen molar-refractivity contribution in [2.24, 2.45) is 4.99 Å². The van der Waals surface area contributed by atoms with Gasteiger partial charge in [0.15, 0.2) is 5.96 Å². The van der Waals surface area contributed by atoms with Crippen LogP contribution >= 0.6 is 0 Å². The Morgan fingerprint density at radius 2 is 2.13 bits per heavy atom. The van der Waals surface area contributed by atoms with Crippen LogP contribution in [0.3, 0.4) is 0 Å². The molecule has 0 spiro atoms. The maximum Gasteiger partial charge on any atom is 0.421 e. The summed E-state index contributed by atoms with van der Waals surface area (Å²) < 4.78 is 43.6. The van der Waals surface area contributed by atoms with E-state index in [9.17, 15) is 13.2 Å². The molecule has 1 aliphatic rings. The molecule has 0 aromatic carbocycles. The van der Waals surface area contributed by atoms with Crippen LogP contribution in [0.4, 0.5) is 13.2 Å². The Labute approximate surface area is 133 Å². The van der Waals surface area contributed by atoms with Gasteiger partial charge in [-0.05, 0) is 25.0 Å². The van der Waals surface area contributed by atoms with Gasteiger partial charge in [0.05, 0.1) is 6.54 Å². The summed E-state index contributed by atoms with van der Waals surface area (Å²) in [5.41, 5.74) is -0.867. The highest BCUT2D eigenvalue weighted by molar-refractivity contribution is 5.79. The number of hydrogen-bond acceptors (Lipinski definition) is 3. The average Bonchev–Trinajstić information content (AvgIpc) is 3.02. The van der Waals surface area contributed by atoms with Gasteiger partial charge in [0.1, 0.15) is 12.2 Å². The maximum atomic E-state index is 12.8. The second-order valence-corrected chi connectivity index (χ2v) is 5.33. The summed E-state index contributed by atoms with van der Waals surface area (Å²) in [7, 11) is 1.66. The molecule has 1 aliphatic carbocycles. The zero-order valence-corrected chi connectivity index (χ0v) is 13.0. The lowest BCUT2D eigenvalue weighted by Crippen LogP contribution is -2.43. The van der Waals surface area contributed by atoms with Gasteiger partial charge in [-0.2, -0.15) is 13.2 Å². The molecule has 1 heterocycles. The third kappa shape index (κ3) is 5.30. The molecule has 0 saturated heterocycles. The lowest BCUT2D eigenvalue weighted by molar-refractivity contribution is -0.139. The monoisotopic (exact) mass is 330 g/mol. The number of nitrogens with one attached hydrogen (secondary N) is 2. The quantitative estimate of drug-likeness (QED) is 0.495. The Morgan fingerprint density at radius 1 is 1.39 bits per heavy atom. The predicted molar refractivity (Wildman–Crippen MR) is 81.5 cm³/mol. The van der Waals surface area contributed by atoms with E-state index >= 15 is 0 Å². The number of aliphatic imine (C=N–C) groups is 1. The minimum atomic E-state index is -4.48. The van der Waals surface area contributed by atoms with Crippen molar-refractivity contribution in [2.45, 2.75) is 37.9 Å². The summed E-state index contributed by atoms with van der Waals surface area (Å²) in [5, 5.41) is 6.32. The number of alkyl halides is 3. The smallest absolute Gasteiger partial charge is 0.421 e. The number of ether oxygens (including phenoxy) is 1. The molecule has 2 N–H and O–H groups in total. The van der Waals surface area contributed by atoms with Crippen molar-refractivity contribution >= 4 is 5.96 Å². The number of guanidine groups is 1. The molecule has 23 heavy (non-hydrogen) atoms. The SMILES string of the molecule is CN=C(NCCOc1ncccc1C(F)(F)F)NC1CCCC1. The van der Waals surface area contributed by atoms with Crippen LogP contribution in [-0.4, -0.2) is 37.2 Å². The number of pyridine rings is 1. The molecule has 0 aliphatic heterocycles. The van der Waals surface area contributed by atoms with Gasteiger partial charge >= 0.3 is 6.18 Å². The molecule has 8 heteroatoms. The molecular formula is C15H21F3N4O. The van der Waals surface area contributed by atoms with Crippen LogP contribution in [0, 0.1) is 0 Å². The minimum Gasteiger partial charge on any atom is -0.475 e. The first-order chi connectivity index (χ1) is 11.0. The highest BCUT2D eigenvalue weighted by Gasteiger charge is 2.34. The Kier molecular flexibility index (Phi) is 6.06. The molecule has 1 fully saturated rings. The number of hydrogen-bond donors (Lipinski definition) is 2. The Bertz CT molecular complexity index is 528. The molecule has 0 atom stereocenters. The Hall–Kier alpha value is -1.99. The fraction of sp³-hybridized carbons (Fsp3) is 0.600. The van der Waals surface area contributed by atoms with Crippen LogP contribution in [0.1, 0.15) is 31.2 Å². The third-order valence-corrected chi connectivity index (χ3v) is 3.63. The van der Waals surface area contributed by atoms with E-state index in [-0.39, 0.29) is 6.61 Å². The largest absolute Gasteiger partial charge is 0.475 e. The Morgan fingerprint density at radius 3 is 2.78 bits per heavy atom. The number of aromatic nitrogens is 1. The van der Waals surface area contributed by atoms with E-state index < -0.39 is 17.6 Å². The summed E-state index contributed by atoms with van der Waals surface area (Å²) in [4.78, 5) is 7.75. The molecule has 5 nitrogen and oxygen atoms in total. The van der Waals surface area contributed by atoms with Crippen molar-refractivity contribution in [3.05, 3.63) is 23.9 Å². The lowest BCUT2D eigenvalue weighted by Gasteiger charge is -2.17. The standard InChI is InChI=1S/C15H21F3N4O/c1-19-14(22-11-5-2-3-6-11)21-9-10-23-13-12(15(16,17)18)7-4-8-20-13/h4,7-8,11H,2-3,5-6,9-10H2,1H3,(H2,19,21,22). The minimum absolute atomic E-state index is 0.0610. The van der Waals surface area contributed by atoms with E-state index in [0.29, 0.717) is 18.5 Å². The van der Waals surface area contributed by atoms with Gasteiger partial charge in [-0.3, -0.25) is 4.99 Å². The van der Waals surface area contributed by atoms with Crippen LogP contribution in [0.15, 0.2) is 23.3 Å². The van der Waals surface area contributed by atoms with E-state index in [2.05, 4.69) is 20.6 Å². The van der Waals surface area contributed by atoms with Crippen LogP contribution in [0.2, 0.25) is 0 Å². The molecular weight excluding hydrogens is 309 g/mol. The van der Waals surface area contributed by atoms with Crippen molar-refractivity contribution in [3.63, 3.8) is 0 Å². The van der Waals surface area contributed by atoms with Gasteiger partial charge in [0.25, 0.3) is 0 Å². The van der Waals surface area contributed by atoms with E-state index in [1.165, 1.54) is 25.1 Å². The summed E-state index contributed by atoms with van der Waals surface area (Å²) in [5.74, 6) is 0.234. The van der Waals surface area contributed by atoms with Crippen LogP contribution < -0.4 is 15.4 Å². The van der Waals surface area contributed by atoms with E-state index in [1.54, 1.807) is 7.05 Å². The van der Waals surface area contributed by atoms with Crippen LogP contribution in [0.25, 0.3) is 0 Å². The number of nitrogens with zero attached hydrogens (tertiary/aromatic N) is 2. The third-order valence-electron chi connectivity index (χ3n) is 3.63. The molecule has 0 radical (unpaired) electrons. The fourth-order valence-corrected chi connectivity index (χ4v) is 2.50. The maximum absolute atomic E-state index is 12.8. The normalized spacial score (nSPS) is 16.4. The van der Waals surface area contributed by atoms with Gasteiger partial charge in [0, 0.05) is 19.3 Å². The molecule has 0 amide bonds. The van der Waals surface area contributed by atoms with Crippen molar-refractivity contribution in [1.29, 1.82) is 0 Å². The average molecular weight is 330 g/mol. The van der Waals surface area contributed by atoms with Crippen molar-refractivity contribution in [2.75, 3.05) is 20.2 Å². The highest BCUT2D eigenvalue weighted by Crippen LogP contribution is 2.34. The molecule has 0 bridgehead atoms. The number of rotatable bonds is 5. The summed E-state index contributed by atoms with van der Waals surface area (Å²) >= 11 is 0. The molecule has 1 aromatic heterocycles. The van der Waals surface area contributed by atoms with Crippen molar-refractivity contribution in [1.82, 2.24) is 15.6 Å². The number of halogens is 3. The Balaban J connectivity index is 1.79. The van der Waals surface area contributed by atoms with Gasteiger partial charge in [-0.15, -0.1) is 0 Å². The molecule has 128 valence electrons. The molecule has 1 saturated carbocycles. The van der Waals surface area contributed by atoms with Gasteiger partial charge in [-0.1, -0.05) is 12.8 Å². The van der Waals surface area contributed by atoms with Gasteiger partial charge in [-0.25, -0.2) is 4.98 Å². The predicted octanol–water partition coefficient (Wildman–Crippen LogP) is 2.59. The fourth-order valence-electron chi connectivity index (χ4n) is 2.50. The second-order valence-electron chi connectivity index (χ2n) is 5.33. The molecule has 2 rings (SSSR count). The van der Waals surface area contributed by atoms with Gasteiger partial charge < -0.3 is 15.4 Å². The van der Waals surface area contributed by atoms with Crippen LogP contribution in [0.5, 0.6) is 5.88 Å². The zero-order chi connectivity index (χ0) is 16.7. The zero-order valence-electron chi connectivity index (χ0n) is 13.0. The first-order valence-corrected chi connectivity index (χ1v) is 7.63. The van der Waals surface area contributed by atoms with Crippen LogP contribution in [-0.2, 0) is 6.18 Å². The van der Waals surface area contributed by atoms with Crippen molar-refractivity contribution < 1.29 is 17.9 Å². The molecule has 1 aromatic rings. The summed E-state index contributed by atoms with van der Waals surface area (Å²) in [6, 6.07) is 2.60. The van der Waals surface area contributed by atoms with E-state index in [4.69, 9.17) is 4.74 Å². The topological polar surface area (TPSA) is 58.5 Å². The second kappa shape index (κ2) is 8.03. The van der Waals surface area contributed by atoms with Crippen molar-refractivity contribution in [3.8, 4) is 5.88 Å². The highest BCUT2D eigenvalue weighted by atomic mass is 19.4. The first kappa shape index (κ1) is 17.4.